The zero-order valence-electron chi connectivity index (χ0n) is 13.4. The van der Waals surface area contributed by atoms with Gasteiger partial charge in [-0.15, -0.1) is 0 Å². The normalized spacial score (nSPS) is 23.7. The SMILES string of the molecule is CC1CC(C(=O)O)CN(CCCOc2ccc3c(c2)OCO3)C1. The Balaban J connectivity index is 1.42. The summed E-state index contributed by atoms with van der Waals surface area (Å²) in [5.41, 5.74) is 0. The number of ether oxygens (including phenoxy) is 3. The van der Waals surface area contributed by atoms with Crippen molar-refractivity contribution in [2.45, 2.75) is 19.8 Å². The van der Waals surface area contributed by atoms with E-state index >= 15 is 0 Å². The van der Waals surface area contributed by atoms with Crippen LogP contribution in [0.1, 0.15) is 19.8 Å². The second-order valence-electron chi connectivity index (χ2n) is 6.35. The van der Waals surface area contributed by atoms with Gasteiger partial charge in [-0.3, -0.25) is 4.79 Å². The van der Waals surface area contributed by atoms with Gasteiger partial charge in [-0.05, 0) is 30.9 Å². The third-order valence-electron chi connectivity index (χ3n) is 4.32. The minimum absolute atomic E-state index is 0.242. The predicted molar refractivity (Wildman–Crippen MR) is 84.0 cm³/mol. The van der Waals surface area contributed by atoms with Crippen LogP contribution >= 0.6 is 0 Å². The maximum absolute atomic E-state index is 11.2. The van der Waals surface area contributed by atoms with Gasteiger partial charge in [0.25, 0.3) is 0 Å². The van der Waals surface area contributed by atoms with Gasteiger partial charge in [0, 0.05) is 25.7 Å². The number of carbonyl (C=O) groups is 1. The quantitative estimate of drug-likeness (QED) is 0.810. The molecule has 2 heterocycles. The molecular formula is C17H23NO5. The van der Waals surface area contributed by atoms with E-state index in [1.54, 1.807) is 0 Å². The van der Waals surface area contributed by atoms with Crippen LogP contribution in [0.4, 0.5) is 0 Å². The second kappa shape index (κ2) is 7.08. The zero-order chi connectivity index (χ0) is 16.2. The predicted octanol–water partition coefficient (Wildman–Crippen LogP) is 2.23. The van der Waals surface area contributed by atoms with E-state index in [9.17, 15) is 9.90 Å². The molecule has 6 heteroatoms. The van der Waals surface area contributed by atoms with Crippen LogP contribution in [-0.4, -0.2) is 49.0 Å². The fourth-order valence-electron chi connectivity index (χ4n) is 3.27. The van der Waals surface area contributed by atoms with Crippen molar-refractivity contribution in [3.8, 4) is 17.2 Å². The van der Waals surface area contributed by atoms with Gasteiger partial charge < -0.3 is 24.2 Å². The minimum Gasteiger partial charge on any atom is -0.493 e. The molecule has 23 heavy (non-hydrogen) atoms. The molecule has 2 aliphatic rings. The molecule has 0 spiro atoms. The highest BCUT2D eigenvalue weighted by Gasteiger charge is 2.28. The first-order valence-electron chi connectivity index (χ1n) is 8.09. The van der Waals surface area contributed by atoms with Crippen molar-refractivity contribution in [2.75, 3.05) is 33.0 Å². The van der Waals surface area contributed by atoms with Crippen molar-refractivity contribution in [3.63, 3.8) is 0 Å². The molecule has 0 saturated carbocycles. The number of fused-ring (bicyclic) bond motifs is 1. The maximum Gasteiger partial charge on any atom is 0.307 e. The van der Waals surface area contributed by atoms with Gasteiger partial charge in [0.1, 0.15) is 5.75 Å². The Hall–Kier alpha value is -1.95. The molecule has 2 unspecified atom stereocenters. The lowest BCUT2D eigenvalue weighted by Crippen LogP contribution is -2.43. The number of aliphatic carboxylic acids is 1. The fourth-order valence-corrected chi connectivity index (χ4v) is 3.27. The fraction of sp³-hybridized carbons (Fsp3) is 0.588. The summed E-state index contributed by atoms with van der Waals surface area (Å²) in [6, 6.07) is 5.56. The first-order chi connectivity index (χ1) is 11.1. The summed E-state index contributed by atoms with van der Waals surface area (Å²) >= 11 is 0. The maximum atomic E-state index is 11.2. The average molecular weight is 321 g/mol. The molecule has 0 aliphatic carbocycles. The Kier molecular flexibility index (Phi) is 4.91. The number of piperidine rings is 1. The van der Waals surface area contributed by atoms with E-state index in [1.165, 1.54) is 0 Å². The van der Waals surface area contributed by atoms with Gasteiger partial charge in [-0.2, -0.15) is 0 Å². The van der Waals surface area contributed by atoms with E-state index in [0.29, 0.717) is 19.1 Å². The van der Waals surface area contributed by atoms with Crippen LogP contribution in [0.15, 0.2) is 18.2 Å². The van der Waals surface area contributed by atoms with Crippen LogP contribution in [0.25, 0.3) is 0 Å². The summed E-state index contributed by atoms with van der Waals surface area (Å²) < 4.78 is 16.3. The lowest BCUT2D eigenvalue weighted by Gasteiger charge is -2.34. The first-order valence-corrected chi connectivity index (χ1v) is 8.09. The standard InChI is InChI=1S/C17H23NO5/c1-12-7-13(17(19)20)10-18(9-12)5-2-6-21-14-3-4-15-16(8-14)23-11-22-15/h3-4,8,12-13H,2,5-7,9-11H2,1H3,(H,19,20). The van der Waals surface area contributed by atoms with E-state index < -0.39 is 5.97 Å². The van der Waals surface area contributed by atoms with E-state index in [0.717, 1.165) is 43.2 Å². The van der Waals surface area contributed by atoms with Crippen LogP contribution in [-0.2, 0) is 4.79 Å². The Morgan fingerprint density at radius 1 is 1.35 bits per heavy atom. The Morgan fingerprint density at radius 3 is 3.00 bits per heavy atom. The number of likely N-dealkylation sites (tertiary alicyclic amines) is 1. The molecule has 1 N–H and O–H groups in total. The summed E-state index contributed by atoms with van der Waals surface area (Å²) in [6.07, 6.45) is 1.65. The molecule has 1 aromatic rings. The van der Waals surface area contributed by atoms with Crippen molar-refractivity contribution in [1.82, 2.24) is 4.90 Å². The molecule has 0 amide bonds. The number of hydrogen-bond donors (Lipinski definition) is 1. The summed E-state index contributed by atoms with van der Waals surface area (Å²) in [4.78, 5) is 13.4. The van der Waals surface area contributed by atoms with Gasteiger partial charge in [-0.25, -0.2) is 0 Å². The molecule has 2 aliphatic heterocycles. The summed E-state index contributed by atoms with van der Waals surface area (Å²) in [5, 5.41) is 9.20. The molecule has 2 atom stereocenters. The molecule has 3 rings (SSSR count). The number of nitrogens with zero attached hydrogens (tertiary/aromatic N) is 1. The highest BCUT2D eigenvalue weighted by molar-refractivity contribution is 5.70. The minimum atomic E-state index is -0.682. The Labute approximate surface area is 135 Å². The molecule has 6 nitrogen and oxygen atoms in total. The first kappa shape index (κ1) is 15.9. The lowest BCUT2D eigenvalue weighted by molar-refractivity contribution is -0.144. The van der Waals surface area contributed by atoms with Gasteiger partial charge in [0.2, 0.25) is 6.79 Å². The van der Waals surface area contributed by atoms with E-state index in [2.05, 4.69) is 11.8 Å². The number of carboxylic acids is 1. The van der Waals surface area contributed by atoms with Crippen molar-refractivity contribution in [2.24, 2.45) is 11.8 Å². The highest BCUT2D eigenvalue weighted by Crippen LogP contribution is 2.35. The van der Waals surface area contributed by atoms with Crippen molar-refractivity contribution in [3.05, 3.63) is 18.2 Å². The number of hydrogen-bond acceptors (Lipinski definition) is 5. The molecule has 1 fully saturated rings. The van der Waals surface area contributed by atoms with Crippen LogP contribution in [0.5, 0.6) is 17.2 Å². The highest BCUT2D eigenvalue weighted by atomic mass is 16.7. The molecule has 126 valence electrons. The summed E-state index contributed by atoms with van der Waals surface area (Å²) in [5.74, 6) is 1.74. The third kappa shape index (κ3) is 4.07. The molecule has 1 aromatic carbocycles. The summed E-state index contributed by atoms with van der Waals surface area (Å²) in [6.45, 7) is 5.44. The van der Waals surface area contributed by atoms with Crippen LogP contribution in [0.3, 0.4) is 0 Å². The molecule has 0 bridgehead atoms. The molecule has 0 aromatic heterocycles. The zero-order valence-corrected chi connectivity index (χ0v) is 13.4. The number of rotatable bonds is 6. The van der Waals surface area contributed by atoms with Crippen LogP contribution in [0.2, 0.25) is 0 Å². The van der Waals surface area contributed by atoms with Gasteiger partial charge in [0.15, 0.2) is 11.5 Å². The second-order valence-corrected chi connectivity index (χ2v) is 6.35. The van der Waals surface area contributed by atoms with E-state index in [-0.39, 0.29) is 12.7 Å². The van der Waals surface area contributed by atoms with E-state index in [1.807, 2.05) is 18.2 Å². The topological polar surface area (TPSA) is 68.2 Å². The van der Waals surface area contributed by atoms with Crippen molar-refractivity contribution in [1.29, 1.82) is 0 Å². The van der Waals surface area contributed by atoms with Gasteiger partial charge in [0.05, 0.1) is 12.5 Å². The average Bonchev–Trinajstić information content (AvgIpc) is 2.98. The summed E-state index contributed by atoms with van der Waals surface area (Å²) in [7, 11) is 0. The largest absolute Gasteiger partial charge is 0.493 e. The molecule has 0 radical (unpaired) electrons. The number of benzene rings is 1. The number of carboxylic acid groups (broad SMARTS) is 1. The monoisotopic (exact) mass is 321 g/mol. The van der Waals surface area contributed by atoms with Crippen molar-refractivity contribution >= 4 is 5.97 Å². The smallest absolute Gasteiger partial charge is 0.307 e. The van der Waals surface area contributed by atoms with Crippen molar-refractivity contribution < 1.29 is 24.1 Å². The Bertz CT molecular complexity index is 562. The lowest BCUT2D eigenvalue weighted by atomic mass is 9.90. The Morgan fingerprint density at radius 2 is 2.17 bits per heavy atom. The van der Waals surface area contributed by atoms with Gasteiger partial charge >= 0.3 is 5.97 Å². The van der Waals surface area contributed by atoms with E-state index in [4.69, 9.17) is 14.2 Å². The molecule has 1 saturated heterocycles. The van der Waals surface area contributed by atoms with Gasteiger partial charge in [-0.1, -0.05) is 6.92 Å². The molecular weight excluding hydrogens is 298 g/mol. The third-order valence-corrected chi connectivity index (χ3v) is 4.32. The van der Waals surface area contributed by atoms with Crippen LogP contribution in [0, 0.1) is 11.8 Å². The van der Waals surface area contributed by atoms with Crippen LogP contribution < -0.4 is 14.2 Å².